The molecule has 0 spiro atoms. The number of nitrogens with zero attached hydrogens (tertiary/aromatic N) is 4. The molecule has 0 unspecified atom stereocenters. The summed E-state index contributed by atoms with van der Waals surface area (Å²) in [5.41, 5.74) is 2.74. The van der Waals surface area contributed by atoms with Gasteiger partial charge in [0.2, 0.25) is 0 Å². The first-order chi connectivity index (χ1) is 18.8. The van der Waals surface area contributed by atoms with Crippen LogP contribution in [0.1, 0.15) is 5.69 Å². The highest BCUT2D eigenvalue weighted by Gasteiger charge is 2.26. The fourth-order valence-corrected chi connectivity index (χ4v) is 6.10. The van der Waals surface area contributed by atoms with Crippen LogP contribution >= 0.6 is 23.2 Å². The average Bonchev–Trinajstić information content (AvgIpc) is 3.48. The Morgan fingerprint density at radius 3 is 2.31 bits per heavy atom. The summed E-state index contributed by atoms with van der Waals surface area (Å²) in [7, 11) is -3.81. The molecule has 1 aliphatic heterocycles. The zero-order valence-corrected chi connectivity index (χ0v) is 23.1. The standard InChI is InChI=1S/C27H26Cl2N6O3S/c28-25-11-6-20(16-26(25)29)32-27(36)34-14-12-33(13-15-34)22-7-9-23(10-8-22)35(18-21-17-30-19-31-21)39(37,38)24-4-2-1-3-5-24/h1-11,16-17,19H,12-15,18H2,(H,30,31)(H,32,36). The van der Waals surface area contributed by atoms with Gasteiger partial charge in [0.1, 0.15) is 0 Å². The second-order valence-electron chi connectivity index (χ2n) is 8.95. The summed E-state index contributed by atoms with van der Waals surface area (Å²) >= 11 is 12.0. The Bertz CT molecular complexity index is 1530. The lowest BCUT2D eigenvalue weighted by atomic mass is 10.2. The van der Waals surface area contributed by atoms with Gasteiger partial charge in [-0.05, 0) is 54.6 Å². The van der Waals surface area contributed by atoms with Gasteiger partial charge in [-0.1, -0.05) is 41.4 Å². The fraction of sp³-hybridized carbons (Fsp3) is 0.185. The first-order valence-corrected chi connectivity index (χ1v) is 14.4. The van der Waals surface area contributed by atoms with Crippen LogP contribution in [0.3, 0.4) is 0 Å². The third kappa shape index (κ3) is 6.13. The number of rotatable bonds is 7. The van der Waals surface area contributed by atoms with Gasteiger partial charge in [-0.3, -0.25) is 4.31 Å². The number of imidazole rings is 1. The largest absolute Gasteiger partial charge is 0.368 e. The van der Waals surface area contributed by atoms with E-state index in [-0.39, 0.29) is 17.5 Å². The van der Waals surface area contributed by atoms with Crippen molar-refractivity contribution in [3.63, 3.8) is 0 Å². The van der Waals surface area contributed by atoms with E-state index in [1.54, 1.807) is 71.8 Å². The van der Waals surface area contributed by atoms with Gasteiger partial charge in [-0.15, -0.1) is 0 Å². The molecule has 2 amide bonds. The van der Waals surface area contributed by atoms with Crippen LogP contribution in [0.25, 0.3) is 0 Å². The quantitative estimate of drug-likeness (QED) is 0.300. The number of carbonyl (C=O) groups is 1. The molecule has 0 saturated carbocycles. The molecule has 1 saturated heterocycles. The molecule has 0 radical (unpaired) electrons. The van der Waals surface area contributed by atoms with E-state index < -0.39 is 10.0 Å². The molecule has 1 aromatic heterocycles. The van der Waals surface area contributed by atoms with E-state index in [9.17, 15) is 13.2 Å². The van der Waals surface area contributed by atoms with Crippen molar-refractivity contribution in [1.82, 2.24) is 14.9 Å². The van der Waals surface area contributed by atoms with Gasteiger partial charge in [-0.2, -0.15) is 0 Å². The maximum atomic E-state index is 13.5. The van der Waals surface area contributed by atoms with Gasteiger partial charge in [0.25, 0.3) is 10.0 Å². The minimum atomic E-state index is -3.81. The molecule has 0 atom stereocenters. The van der Waals surface area contributed by atoms with Crippen molar-refractivity contribution < 1.29 is 13.2 Å². The monoisotopic (exact) mass is 584 g/mol. The molecule has 202 valence electrons. The highest BCUT2D eigenvalue weighted by molar-refractivity contribution is 7.92. The number of sulfonamides is 1. The summed E-state index contributed by atoms with van der Waals surface area (Å²) in [6, 6.07) is 20.5. The molecular weight excluding hydrogens is 559 g/mol. The highest BCUT2D eigenvalue weighted by Crippen LogP contribution is 2.29. The van der Waals surface area contributed by atoms with Crippen molar-refractivity contribution in [2.75, 3.05) is 40.7 Å². The summed E-state index contributed by atoms with van der Waals surface area (Å²) in [4.78, 5) is 23.8. The molecule has 3 aromatic carbocycles. The second-order valence-corrected chi connectivity index (χ2v) is 11.6. The van der Waals surface area contributed by atoms with Gasteiger partial charge in [0.05, 0.1) is 39.2 Å². The van der Waals surface area contributed by atoms with Crippen LogP contribution in [-0.2, 0) is 16.6 Å². The Morgan fingerprint density at radius 2 is 1.67 bits per heavy atom. The van der Waals surface area contributed by atoms with Crippen LogP contribution in [0.15, 0.2) is 90.2 Å². The molecule has 2 N–H and O–H groups in total. The van der Waals surface area contributed by atoms with Crippen LogP contribution in [0.2, 0.25) is 10.0 Å². The first-order valence-electron chi connectivity index (χ1n) is 12.2. The predicted molar refractivity (Wildman–Crippen MR) is 154 cm³/mol. The molecule has 2 heterocycles. The molecule has 39 heavy (non-hydrogen) atoms. The van der Waals surface area contributed by atoms with Crippen LogP contribution in [0.5, 0.6) is 0 Å². The number of benzene rings is 3. The molecule has 12 heteroatoms. The lowest BCUT2D eigenvalue weighted by molar-refractivity contribution is 0.208. The fourth-order valence-electron chi connectivity index (χ4n) is 4.33. The molecule has 5 rings (SSSR count). The molecule has 1 aliphatic rings. The summed E-state index contributed by atoms with van der Waals surface area (Å²) in [6.45, 7) is 2.44. The summed E-state index contributed by atoms with van der Waals surface area (Å²) in [5.74, 6) is 0. The van der Waals surface area contributed by atoms with E-state index in [0.717, 1.165) is 5.69 Å². The Kier molecular flexibility index (Phi) is 7.97. The van der Waals surface area contributed by atoms with Crippen LogP contribution < -0.4 is 14.5 Å². The number of H-pyrrole nitrogens is 1. The van der Waals surface area contributed by atoms with Crippen molar-refractivity contribution in [1.29, 1.82) is 0 Å². The van der Waals surface area contributed by atoms with E-state index in [0.29, 0.717) is 53.3 Å². The topological polar surface area (TPSA) is 102 Å². The van der Waals surface area contributed by atoms with Gasteiger partial charge in [0.15, 0.2) is 0 Å². The smallest absolute Gasteiger partial charge is 0.321 e. The Hall–Kier alpha value is -3.73. The van der Waals surface area contributed by atoms with Crippen molar-refractivity contribution in [3.05, 3.63) is 101 Å². The lowest BCUT2D eigenvalue weighted by Crippen LogP contribution is -2.50. The molecule has 0 bridgehead atoms. The lowest BCUT2D eigenvalue weighted by Gasteiger charge is -2.36. The number of amides is 2. The summed E-state index contributed by atoms with van der Waals surface area (Å²) in [6.07, 6.45) is 3.13. The number of carbonyl (C=O) groups excluding carboxylic acids is 1. The number of aromatic amines is 1. The predicted octanol–water partition coefficient (Wildman–Crippen LogP) is 5.47. The maximum Gasteiger partial charge on any atom is 0.321 e. The van der Waals surface area contributed by atoms with Crippen LogP contribution in [-0.4, -0.2) is 55.5 Å². The number of anilines is 3. The van der Waals surface area contributed by atoms with Crippen molar-refractivity contribution >= 4 is 56.3 Å². The number of hydrogen-bond donors (Lipinski definition) is 2. The minimum Gasteiger partial charge on any atom is -0.368 e. The van der Waals surface area contributed by atoms with Gasteiger partial charge < -0.3 is 20.1 Å². The minimum absolute atomic E-state index is 0.114. The molecule has 4 aromatic rings. The zero-order chi connectivity index (χ0) is 27.4. The third-order valence-corrected chi connectivity index (χ3v) is 8.97. The van der Waals surface area contributed by atoms with Gasteiger partial charge >= 0.3 is 6.03 Å². The number of aromatic nitrogens is 2. The number of hydrogen-bond acceptors (Lipinski definition) is 5. The molecule has 9 nitrogen and oxygen atoms in total. The van der Waals surface area contributed by atoms with Gasteiger partial charge in [-0.25, -0.2) is 18.2 Å². The van der Waals surface area contributed by atoms with Gasteiger partial charge in [0, 0.05) is 43.8 Å². The van der Waals surface area contributed by atoms with E-state index in [1.807, 2.05) is 12.1 Å². The molecule has 1 fully saturated rings. The summed E-state index contributed by atoms with van der Waals surface area (Å²) < 4.78 is 28.4. The normalized spacial score (nSPS) is 13.8. The summed E-state index contributed by atoms with van der Waals surface area (Å²) in [5, 5.41) is 3.66. The van der Waals surface area contributed by atoms with Crippen molar-refractivity contribution in [3.8, 4) is 0 Å². The first kappa shape index (κ1) is 26.9. The number of urea groups is 1. The van der Waals surface area contributed by atoms with Crippen molar-refractivity contribution in [2.45, 2.75) is 11.4 Å². The van der Waals surface area contributed by atoms with Crippen molar-refractivity contribution in [2.24, 2.45) is 0 Å². The van der Waals surface area contributed by atoms with Crippen LogP contribution in [0, 0.1) is 0 Å². The maximum absolute atomic E-state index is 13.5. The zero-order valence-electron chi connectivity index (χ0n) is 20.8. The number of halogens is 2. The Labute approximate surface area is 237 Å². The highest BCUT2D eigenvalue weighted by atomic mass is 35.5. The third-order valence-electron chi connectivity index (χ3n) is 6.44. The SMILES string of the molecule is O=C(Nc1ccc(Cl)c(Cl)c1)N1CCN(c2ccc(N(Cc3cnc[nH]3)S(=O)(=O)c3ccccc3)cc2)CC1. The van der Waals surface area contributed by atoms with E-state index in [2.05, 4.69) is 20.2 Å². The van der Waals surface area contributed by atoms with Crippen LogP contribution in [0.4, 0.5) is 21.9 Å². The van der Waals surface area contributed by atoms with E-state index in [1.165, 1.54) is 10.6 Å². The molecule has 0 aliphatic carbocycles. The van der Waals surface area contributed by atoms with E-state index >= 15 is 0 Å². The average molecular weight is 586 g/mol. The second kappa shape index (κ2) is 11.6. The molecular formula is C27H26Cl2N6O3S. The Balaban J connectivity index is 1.26. The number of piperazine rings is 1. The van der Waals surface area contributed by atoms with E-state index in [4.69, 9.17) is 23.2 Å². The Morgan fingerprint density at radius 1 is 0.949 bits per heavy atom. The number of nitrogens with one attached hydrogen (secondary N) is 2.